The van der Waals surface area contributed by atoms with E-state index in [-0.39, 0.29) is 56.6 Å². The summed E-state index contributed by atoms with van der Waals surface area (Å²) in [5.74, 6) is 0. The maximum Gasteiger partial charge on any atom is 2.00 e. The van der Waals surface area contributed by atoms with Gasteiger partial charge in [-0.15, -0.1) is 11.3 Å². The molecule has 1 aromatic carbocycles. The Bertz CT molecular complexity index is 695. The van der Waals surface area contributed by atoms with E-state index in [0.717, 1.165) is 0 Å². The molecule has 1 nitrogen and oxygen atoms in total. The van der Waals surface area contributed by atoms with Gasteiger partial charge in [-0.3, -0.25) is 0 Å². The predicted molar refractivity (Wildman–Crippen MR) is 96.7 cm³/mol. The summed E-state index contributed by atoms with van der Waals surface area (Å²) in [6.07, 6.45) is 0. The average Bonchev–Trinajstić information content (AvgIpc) is 2.80. The molecule has 1 unspecified atom stereocenters. The summed E-state index contributed by atoms with van der Waals surface area (Å²) >= 11 is 1.99. The normalized spacial score (nSPS) is 15.5. The molecule has 24 heavy (non-hydrogen) atoms. The molecule has 1 N–H and O–H groups in total. The van der Waals surface area contributed by atoms with Gasteiger partial charge in [0.2, 0.25) is 0 Å². The van der Waals surface area contributed by atoms with Crippen molar-refractivity contribution in [1.82, 2.24) is 4.98 Å². The van der Waals surface area contributed by atoms with Crippen LogP contribution >= 0.6 is 11.3 Å². The summed E-state index contributed by atoms with van der Waals surface area (Å²) in [4.78, 5) is 6.99. The van der Waals surface area contributed by atoms with Crippen LogP contribution in [0.3, 0.4) is 0 Å². The molecule has 1 aliphatic rings. The second kappa shape index (κ2) is 8.50. The molecule has 3 rings (SSSR count). The first kappa shape index (κ1) is 24.6. The number of aryl methyl sites for hydroxylation is 1. The van der Waals surface area contributed by atoms with Crippen molar-refractivity contribution in [3.05, 3.63) is 45.6 Å². The first-order valence-electron chi connectivity index (χ1n) is 7.68. The number of fused-ring (bicyclic) bond motifs is 3. The second-order valence-electron chi connectivity index (χ2n) is 7.75. The first-order valence-corrected chi connectivity index (χ1v) is 11.6. The average molecular weight is 478 g/mol. The molecule has 0 amide bonds. The number of nitrogens with one attached hydrogen (secondary N) is 1. The molecule has 1 aromatic heterocycles. The van der Waals surface area contributed by atoms with Crippen LogP contribution in [0.15, 0.2) is 30.3 Å². The van der Waals surface area contributed by atoms with Crippen molar-refractivity contribution in [2.45, 2.75) is 51.9 Å². The molecule has 0 saturated carbocycles. The SMILES string of the molecule is Cc1cc2c(s1)C([Si](C)(C)NC(C)(C)C)c1ccccc1-2.[Cl-].[Cl-].[Zr+2]. The van der Waals surface area contributed by atoms with Crippen molar-refractivity contribution in [3.8, 4) is 11.1 Å². The van der Waals surface area contributed by atoms with Gasteiger partial charge in [0.1, 0.15) is 8.24 Å². The van der Waals surface area contributed by atoms with E-state index in [1.807, 2.05) is 11.3 Å². The van der Waals surface area contributed by atoms with Crippen LogP contribution in [0.2, 0.25) is 13.1 Å². The standard InChI is InChI=1S/C18H25NSSi.2ClH.Zr/c1-12-11-15-13-9-7-8-10-14(13)17(16(15)20-12)21(5,6)19-18(2,3)4;;;/h7-11,17,19H,1-6H3;2*1H;/q;;;+2/p-2. The van der Waals surface area contributed by atoms with Gasteiger partial charge in [-0.05, 0) is 50.5 Å². The molecule has 0 radical (unpaired) electrons. The van der Waals surface area contributed by atoms with Crippen LogP contribution in [-0.2, 0) is 26.2 Å². The molecule has 0 saturated heterocycles. The molecule has 1 heterocycles. The minimum atomic E-state index is -1.63. The van der Waals surface area contributed by atoms with E-state index < -0.39 is 8.24 Å². The maximum absolute atomic E-state index is 3.97. The van der Waals surface area contributed by atoms with E-state index in [4.69, 9.17) is 0 Å². The Morgan fingerprint density at radius 1 is 1.04 bits per heavy atom. The molecule has 0 fully saturated rings. The zero-order valence-corrected chi connectivity index (χ0v) is 20.9. The van der Waals surface area contributed by atoms with Crippen LogP contribution in [0.5, 0.6) is 0 Å². The van der Waals surface area contributed by atoms with Gasteiger partial charge in [-0.1, -0.05) is 37.4 Å². The molecular weight excluding hydrogens is 452 g/mol. The smallest absolute Gasteiger partial charge is 1.00 e. The molecular formula is C18H25Cl2NSSiZr. The van der Waals surface area contributed by atoms with Crippen molar-refractivity contribution in [2.24, 2.45) is 0 Å². The largest absolute Gasteiger partial charge is 2.00 e. The fraction of sp³-hybridized carbons (Fsp3) is 0.444. The van der Waals surface area contributed by atoms with Crippen LogP contribution in [0.1, 0.15) is 41.6 Å². The van der Waals surface area contributed by atoms with Gasteiger partial charge in [0.15, 0.2) is 0 Å². The quantitative estimate of drug-likeness (QED) is 0.565. The number of hydrogen-bond acceptors (Lipinski definition) is 2. The number of benzene rings is 1. The Morgan fingerprint density at radius 2 is 1.62 bits per heavy atom. The summed E-state index contributed by atoms with van der Waals surface area (Å²) in [6.45, 7) is 14.0. The van der Waals surface area contributed by atoms with E-state index in [1.54, 1.807) is 4.88 Å². The van der Waals surface area contributed by atoms with Crippen molar-refractivity contribution in [1.29, 1.82) is 0 Å². The topological polar surface area (TPSA) is 12.0 Å². The fourth-order valence-corrected chi connectivity index (χ4v) is 9.87. The minimum Gasteiger partial charge on any atom is -1.00 e. The molecule has 0 spiro atoms. The Kier molecular flexibility index (Phi) is 8.70. The van der Waals surface area contributed by atoms with E-state index >= 15 is 0 Å². The zero-order valence-electron chi connectivity index (χ0n) is 15.1. The third-order valence-electron chi connectivity index (χ3n) is 4.13. The van der Waals surface area contributed by atoms with Crippen molar-refractivity contribution in [2.75, 3.05) is 0 Å². The monoisotopic (exact) mass is 475 g/mol. The van der Waals surface area contributed by atoms with Gasteiger partial charge in [0.25, 0.3) is 0 Å². The fourth-order valence-electron chi connectivity index (χ4n) is 3.85. The maximum atomic E-state index is 3.97. The van der Waals surface area contributed by atoms with Crippen LogP contribution in [-0.4, -0.2) is 13.8 Å². The summed E-state index contributed by atoms with van der Waals surface area (Å²) in [5.41, 5.74) is 5.21. The molecule has 0 bridgehead atoms. The van der Waals surface area contributed by atoms with E-state index in [9.17, 15) is 0 Å². The molecule has 130 valence electrons. The van der Waals surface area contributed by atoms with Crippen molar-refractivity contribution < 1.29 is 51.0 Å². The van der Waals surface area contributed by atoms with E-state index in [0.29, 0.717) is 5.54 Å². The van der Waals surface area contributed by atoms with E-state index in [1.165, 1.54) is 21.6 Å². The summed E-state index contributed by atoms with van der Waals surface area (Å²) in [7, 11) is -1.63. The summed E-state index contributed by atoms with van der Waals surface area (Å²) in [6, 6.07) is 11.4. The predicted octanol–water partition coefficient (Wildman–Crippen LogP) is -0.693. The molecule has 6 heteroatoms. The van der Waals surface area contributed by atoms with Gasteiger partial charge in [-0.2, -0.15) is 0 Å². The molecule has 1 aliphatic carbocycles. The third kappa shape index (κ3) is 4.64. The van der Waals surface area contributed by atoms with Gasteiger partial charge in [0.05, 0.1) is 0 Å². The molecule has 1 atom stereocenters. The van der Waals surface area contributed by atoms with Crippen LogP contribution in [0.4, 0.5) is 0 Å². The van der Waals surface area contributed by atoms with Gasteiger partial charge in [0, 0.05) is 20.8 Å². The summed E-state index contributed by atoms with van der Waals surface area (Å²) in [5, 5.41) is 0. The van der Waals surface area contributed by atoms with Crippen LogP contribution in [0, 0.1) is 6.92 Å². The Hall–Kier alpha value is 0.560. The summed E-state index contributed by atoms with van der Waals surface area (Å²) < 4.78 is 0. The Morgan fingerprint density at radius 3 is 2.21 bits per heavy atom. The Balaban J connectivity index is 0.00000176. The third-order valence-corrected chi connectivity index (χ3v) is 8.89. The second-order valence-corrected chi connectivity index (χ2v) is 13.3. The number of halogens is 2. The van der Waals surface area contributed by atoms with Gasteiger partial charge in [-0.25, -0.2) is 0 Å². The number of hydrogen-bond donors (Lipinski definition) is 1. The van der Waals surface area contributed by atoms with Crippen LogP contribution in [0.25, 0.3) is 11.1 Å². The van der Waals surface area contributed by atoms with Gasteiger partial charge < -0.3 is 29.8 Å². The Labute approximate surface area is 183 Å². The zero-order chi connectivity index (χ0) is 15.4. The van der Waals surface area contributed by atoms with Gasteiger partial charge >= 0.3 is 26.2 Å². The number of thiophene rings is 1. The first-order chi connectivity index (χ1) is 9.69. The minimum absolute atomic E-state index is 0. The van der Waals surface area contributed by atoms with Crippen LogP contribution < -0.4 is 29.8 Å². The number of rotatable bonds is 2. The van der Waals surface area contributed by atoms with Crippen molar-refractivity contribution >= 4 is 19.6 Å². The van der Waals surface area contributed by atoms with Crippen molar-refractivity contribution in [3.63, 3.8) is 0 Å². The molecule has 2 aromatic rings. The molecule has 0 aliphatic heterocycles. The van der Waals surface area contributed by atoms with E-state index in [2.05, 4.69) is 76.1 Å².